The molecule has 24 heteroatoms. The molecule has 3 aliphatic heterocycles. The van der Waals surface area contributed by atoms with Gasteiger partial charge >= 0.3 is 23.9 Å². The van der Waals surface area contributed by atoms with E-state index in [9.17, 15) is 58.8 Å². The molecule has 0 spiro atoms. The summed E-state index contributed by atoms with van der Waals surface area (Å²) in [5.41, 5.74) is 5.47. The van der Waals surface area contributed by atoms with Crippen LogP contribution in [-0.4, -0.2) is 135 Å². The highest BCUT2D eigenvalue weighted by Gasteiger charge is 2.66. The van der Waals surface area contributed by atoms with Gasteiger partial charge in [-0.15, -0.1) is 11.3 Å². The summed E-state index contributed by atoms with van der Waals surface area (Å²) >= 11 is 7.59. The number of β-lactam (4-membered cyclic amide) rings is 1. The number of phenols is 2. The van der Waals surface area contributed by atoms with E-state index in [2.05, 4.69) is 20.9 Å². The van der Waals surface area contributed by atoms with Crippen LogP contribution in [0.4, 0.5) is 9.93 Å². The second-order valence-electron chi connectivity index (χ2n) is 12.8. The number of anilines is 1. The van der Waals surface area contributed by atoms with Crippen LogP contribution in [0.5, 0.6) is 11.5 Å². The molecule has 55 heavy (non-hydrogen) atoms. The maximum absolute atomic E-state index is 13.5. The lowest BCUT2D eigenvalue weighted by Crippen LogP contribution is -2.60. The van der Waals surface area contributed by atoms with Crippen molar-refractivity contribution in [3.8, 4) is 11.5 Å². The second kappa shape index (κ2) is 15.6. The molecule has 0 radical (unpaired) electrons. The van der Waals surface area contributed by atoms with Gasteiger partial charge in [-0.2, -0.15) is 0 Å². The smallest absolute Gasteiger partial charge is 0.350 e. The molecule has 3 atom stereocenters. The Morgan fingerprint density at radius 3 is 2.47 bits per heavy atom. The summed E-state index contributed by atoms with van der Waals surface area (Å²) in [5.74, 6) is -9.31. The van der Waals surface area contributed by atoms with Gasteiger partial charge < -0.3 is 41.2 Å². The third-order valence-electron chi connectivity index (χ3n) is 8.74. The van der Waals surface area contributed by atoms with Crippen molar-refractivity contribution < 1.29 is 63.6 Å². The maximum Gasteiger partial charge on any atom is 0.350 e. The van der Waals surface area contributed by atoms with E-state index in [1.54, 1.807) is 0 Å². The molecule has 21 nitrogen and oxygen atoms in total. The van der Waals surface area contributed by atoms with Gasteiger partial charge in [0.15, 0.2) is 28.1 Å². The van der Waals surface area contributed by atoms with Gasteiger partial charge in [0.25, 0.3) is 5.91 Å². The number of fused-ring (bicyclic) bond motifs is 1. The number of thiazole rings is 1. The van der Waals surface area contributed by atoms with Crippen LogP contribution in [0.15, 0.2) is 22.7 Å². The first-order valence-corrected chi connectivity index (χ1v) is 18.3. The van der Waals surface area contributed by atoms with Gasteiger partial charge in [0.05, 0.1) is 35.0 Å². The number of aliphatic carboxylic acids is 2. The highest BCUT2D eigenvalue weighted by atomic mass is 35.5. The molecule has 4 heterocycles. The van der Waals surface area contributed by atoms with Crippen LogP contribution in [-0.2, 0) is 33.6 Å². The lowest BCUT2D eigenvalue weighted by molar-refractivity contribution is -0.161. The predicted molar refractivity (Wildman–Crippen MR) is 191 cm³/mol. The molecule has 1 aromatic heterocycles. The van der Waals surface area contributed by atoms with E-state index < -0.39 is 99.2 Å². The average Bonchev–Trinajstić information content (AvgIpc) is 3.83. The SMILES string of the molecule is CC(C)(O/N=C(\C(=O)C[C@@H]1C(=O)N2C[C@@](C(=O)O)(N3CCN(NC(=O)C(=O)CCCNC(=O)c4ccc(O)c(O)c4Cl)C3=O)S[C@H]12)c1csc(N)n1)C(=O)O. The van der Waals surface area contributed by atoms with E-state index in [-0.39, 0.29) is 53.9 Å². The van der Waals surface area contributed by atoms with Crippen molar-refractivity contribution in [2.24, 2.45) is 11.1 Å². The van der Waals surface area contributed by atoms with Crippen LogP contribution in [0.1, 0.15) is 49.2 Å². The first-order chi connectivity index (χ1) is 25.8. The monoisotopic (exact) mass is 824 g/mol. The minimum absolute atomic E-state index is 0.00798. The van der Waals surface area contributed by atoms with Crippen molar-refractivity contribution in [2.45, 2.75) is 49.0 Å². The number of nitrogen functional groups attached to an aromatic ring is 1. The number of ketones is 2. The number of thioether (sulfide) groups is 1. The fourth-order valence-corrected chi connectivity index (χ4v) is 8.12. The summed E-state index contributed by atoms with van der Waals surface area (Å²) < 4.78 is 0. The summed E-state index contributed by atoms with van der Waals surface area (Å²) in [4.78, 5) is 111. The van der Waals surface area contributed by atoms with Crippen LogP contribution in [0, 0.1) is 5.92 Å². The molecule has 294 valence electrons. The number of carbonyl (C=O) groups is 8. The molecule has 0 bridgehead atoms. The number of carboxylic acid groups (broad SMARTS) is 2. The lowest BCUT2D eigenvalue weighted by Gasteiger charge is -2.40. The number of hydrazine groups is 1. The topological polar surface area (TPSA) is 312 Å². The van der Waals surface area contributed by atoms with E-state index in [1.165, 1.54) is 30.2 Å². The molecule has 0 aliphatic carbocycles. The lowest BCUT2D eigenvalue weighted by atomic mass is 9.90. The Labute approximate surface area is 323 Å². The molecule has 0 unspecified atom stereocenters. The first kappa shape index (κ1) is 40.5. The van der Waals surface area contributed by atoms with E-state index >= 15 is 0 Å². The van der Waals surface area contributed by atoms with E-state index in [1.807, 2.05) is 0 Å². The zero-order valence-electron chi connectivity index (χ0n) is 28.8. The van der Waals surface area contributed by atoms with Gasteiger partial charge in [-0.3, -0.25) is 34.3 Å². The van der Waals surface area contributed by atoms with Crippen molar-refractivity contribution in [2.75, 3.05) is 31.9 Å². The predicted octanol–water partition coefficient (Wildman–Crippen LogP) is 0.193. The molecule has 5 amide bonds. The third kappa shape index (κ3) is 7.93. The Balaban J connectivity index is 1.18. The normalized spacial score (nSPS) is 20.9. The van der Waals surface area contributed by atoms with Crippen LogP contribution in [0.3, 0.4) is 0 Å². The van der Waals surface area contributed by atoms with Gasteiger partial charge in [0.1, 0.15) is 5.69 Å². The Kier molecular flexibility index (Phi) is 11.5. The molecule has 2 aromatic rings. The summed E-state index contributed by atoms with van der Waals surface area (Å²) in [7, 11) is 0. The summed E-state index contributed by atoms with van der Waals surface area (Å²) in [6.45, 7) is 1.43. The van der Waals surface area contributed by atoms with E-state index in [4.69, 9.17) is 22.2 Å². The largest absolute Gasteiger partial charge is 0.504 e. The van der Waals surface area contributed by atoms with Crippen LogP contribution < -0.4 is 16.5 Å². The molecule has 3 fully saturated rings. The Morgan fingerprint density at radius 1 is 1.13 bits per heavy atom. The molecule has 8 N–H and O–H groups in total. The molecule has 3 saturated heterocycles. The molecule has 5 rings (SSSR count). The first-order valence-electron chi connectivity index (χ1n) is 16.2. The molecule has 3 aliphatic rings. The summed E-state index contributed by atoms with van der Waals surface area (Å²) in [6.07, 6.45) is -0.857. The number of halogens is 1. The fraction of sp³-hybridized carbons (Fsp3) is 0.419. The Bertz CT molecular complexity index is 2030. The number of oxime groups is 1. The number of nitrogens with one attached hydrogen (secondary N) is 2. The highest BCUT2D eigenvalue weighted by molar-refractivity contribution is 8.02. The van der Waals surface area contributed by atoms with Gasteiger partial charge in [0.2, 0.25) is 22.2 Å². The number of phenolic OH excluding ortho intramolecular Hbond substituents is 2. The Morgan fingerprint density at radius 2 is 1.84 bits per heavy atom. The van der Waals surface area contributed by atoms with Crippen molar-refractivity contribution >= 4 is 92.8 Å². The number of carbonyl (C=O) groups excluding carboxylic acids is 6. The number of hydrogen-bond donors (Lipinski definition) is 7. The van der Waals surface area contributed by atoms with Crippen LogP contribution >= 0.6 is 34.7 Å². The number of rotatable bonds is 16. The zero-order valence-corrected chi connectivity index (χ0v) is 31.2. The minimum Gasteiger partial charge on any atom is -0.504 e. The van der Waals surface area contributed by atoms with E-state index in [0.29, 0.717) is 0 Å². The quantitative estimate of drug-likeness (QED) is 0.0297. The standard InChI is InChI=1S/C31H33ClN8O13S2/c1-30(2,26(48)49)53-37-20(15-11-54-28(33)35-15)18(43)10-14-24(47)38-12-31(27(50)51,55-25(14)38)39-8-9-40(29(39)52)36-23(46)17(42)4-3-7-34-22(45)13-5-6-16(41)21(44)19(13)32/h5-6,11,14,25,41,44H,3-4,7-10,12H2,1-2H3,(H2,33,35)(H,34,45)(H,36,46)(H,48,49)(H,50,51)/b37-20-/t14-,25-,31-/m1/s1. The number of urea groups is 1. The number of nitrogens with two attached hydrogens (primary N) is 1. The number of carboxylic acids is 2. The molecule has 0 saturated carbocycles. The third-order valence-corrected chi connectivity index (χ3v) is 11.5. The van der Waals surface area contributed by atoms with Crippen LogP contribution in [0.25, 0.3) is 0 Å². The average molecular weight is 825 g/mol. The number of hydrogen-bond acceptors (Lipinski definition) is 16. The number of aromatic hydroxyl groups is 2. The van der Waals surface area contributed by atoms with Gasteiger partial charge in [-0.25, -0.2) is 24.4 Å². The van der Waals surface area contributed by atoms with E-state index in [0.717, 1.165) is 39.1 Å². The second-order valence-corrected chi connectivity index (χ2v) is 15.5. The zero-order chi connectivity index (χ0) is 40.6. The molecular formula is C31H33ClN8O13S2. The number of nitrogens with zero attached hydrogens (tertiary/aromatic N) is 5. The number of Topliss-reactive ketones (excluding diaryl/α,β-unsaturated/α-hetero) is 2. The molecule has 1 aromatic carbocycles. The number of benzene rings is 1. The Hall–Kier alpha value is -5.68. The highest BCUT2D eigenvalue weighted by Crippen LogP contribution is 2.53. The molecular weight excluding hydrogens is 792 g/mol. The maximum atomic E-state index is 13.5. The van der Waals surface area contributed by atoms with Gasteiger partial charge in [-0.1, -0.05) is 28.5 Å². The van der Waals surface area contributed by atoms with Crippen molar-refractivity contribution in [1.29, 1.82) is 0 Å². The van der Waals surface area contributed by atoms with Crippen molar-refractivity contribution in [3.63, 3.8) is 0 Å². The number of aromatic nitrogens is 1. The van der Waals surface area contributed by atoms with Crippen LogP contribution in [0.2, 0.25) is 5.02 Å². The fourth-order valence-electron chi connectivity index (χ4n) is 5.63. The van der Waals surface area contributed by atoms with Gasteiger partial charge in [0, 0.05) is 31.3 Å². The summed E-state index contributed by atoms with van der Waals surface area (Å²) in [5, 5.41) is 46.1. The minimum atomic E-state index is -2.02. The van der Waals surface area contributed by atoms with Gasteiger partial charge in [-0.05, 0) is 32.4 Å². The summed E-state index contributed by atoms with van der Waals surface area (Å²) in [6, 6.07) is 1.28. The number of amides is 5. The van der Waals surface area contributed by atoms with Crippen molar-refractivity contribution in [3.05, 3.63) is 33.8 Å². The van der Waals surface area contributed by atoms with Crippen molar-refractivity contribution in [1.82, 2.24) is 30.5 Å².